The molecule has 0 saturated heterocycles. The van der Waals surface area contributed by atoms with Crippen LogP contribution >= 0.6 is 23.8 Å². The van der Waals surface area contributed by atoms with Crippen LogP contribution in [0.3, 0.4) is 0 Å². The number of carboxylic acid groups (broad SMARTS) is 2. The summed E-state index contributed by atoms with van der Waals surface area (Å²) in [5.74, 6) is -3.17. The molecule has 6 nitrogen and oxygen atoms in total. The summed E-state index contributed by atoms with van der Waals surface area (Å²) in [5.41, 5.74) is 6.32. The quantitative estimate of drug-likeness (QED) is 0.405. The Bertz CT molecular complexity index is 1220. The number of benzene rings is 2. The highest BCUT2D eigenvalue weighted by Gasteiger charge is 2.51. The first-order valence-electron chi connectivity index (χ1n) is 9.10. The van der Waals surface area contributed by atoms with Gasteiger partial charge in [0.05, 0.1) is 10.4 Å². The van der Waals surface area contributed by atoms with Crippen LogP contribution in [0.25, 0.3) is 21.9 Å². The molecule has 29 heavy (non-hydrogen) atoms. The smallest absolute Gasteiger partial charge is 0.324 e. The van der Waals surface area contributed by atoms with Crippen LogP contribution in [-0.2, 0) is 16.0 Å². The van der Waals surface area contributed by atoms with E-state index < -0.39 is 29.3 Å². The Hall–Kier alpha value is -2.48. The topological polar surface area (TPSA) is 114 Å². The summed E-state index contributed by atoms with van der Waals surface area (Å²) >= 11 is 12.1. The van der Waals surface area contributed by atoms with Gasteiger partial charge < -0.3 is 20.4 Å². The maximum absolute atomic E-state index is 12.1. The molecular weight excluding hydrogens is 414 g/mol. The minimum atomic E-state index is -1.66. The van der Waals surface area contributed by atoms with Gasteiger partial charge in [-0.05, 0) is 48.6 Å². The number of carbonyl (C=O) groups is 2. The molecule has 3 aromatic rings. The molecule has 4 N–H and O–H groups in total. The first-order chi connectivity index (χ1) is 13.7. The van der Waals surface area contributed by atoms with Gasteiger partial charge in [0.2, 0.25) is 0 Å². The van der Waals surface area contributed by atoms with Crippen LogP contribution in [0.1, 0.15) is 18.4 Å². The number of carboxylic acids is 2. The molecule has 150 valence electrons. The first kappa shape index (κ1) is 19.8. The number of hydrogen-bond donors (Lipinski definition) is 3. The van der Waals surface area contributed by atoms with Crippen molar-refractivity contribution in [2.24, 2.45) is 17.6 Å². The van der Waals surface area contributed by atoms with E-state index >= 15 is 0 Å². The lowest BCUT2D eigenvalue weighted by Gasteiger charge is -2.43. The predicted molar refractivity (Wildman–Crippen MR) is 112 cm³/mol. The summed E-state index contributed by atoms with van der Waals surface area (Å²) < 4.78 is 6.47. The lowest BCUT2D eigenvalue weighted by molar-refractivity contribution is -0.155. The monoisotopic (exact) mass is 431 g/mol. The molecule has 0 spiro atoms. The van der Waals surface area contributed by atoms with Crippen molar-refractivity contribution < 1.29 is 24.2 Å². The summed E-state index contributed by atoms with van der Waals surface area (Å²) in [7, 11) is 0. The van der Waals surface area contributed by atoms with E-state index in [4.69, 9.17) is 39.1 Å². The molecule has 4 rings (SSSR count). The lowest BCUT2D eigenvalue weighted by atomic mass is 9.63. The second-order valence-corrected chi connectivity index (χ2v) is 8.37. The fraction of sp³-hybridized carbons (Fsp3) is 0.286. The third-order valence-electron chi connectivity index (χ3n) is 5.88. The minimum absolute atomic E-state index is 0.0764. The van der Waals surface area contributed by atoms with E-state index in [1.165, 1.54) is 0 Å². The number of aliphatic carboxylic acids is 2. The summed E-state index contributed by atoms with van der Waals surface area (Å²) in [6.45, 7) is 0. The molecule has 0 aliphatic heterocycles. The number of hydrogen-bond acceptors (Lipinski definition) is 5. The molecule has 1 fully saturated rings. The van der Waals surface area contributed by atoms with Crippen LogP contribution in [-0.4, -0.2) is 27.7 Å². The molecule has 0 bridgehead atoms. The average Bonchev–Trinajstić information content (AvgIpc) is 2.62. The Morgan fingerprint density at radius 1 is 1.17 bits per heavy atom. The first-order valence-corrected chi connectivity index (χ1v) is 9.89. The highest BCUT2D eigenvalue weighted by molar-refractivity contribution is 7.72. The Morgan fingerprint density at radius 3 is 2.52 bits per heavy atom. The van der Waals surface area contributed by atoms with Gasteiger partial charge in [0.25, 0.3) is 0 Å². The van der Waals surface area contributed by atoms with Crippen LogP contribution in [0.4, 0.5) is 0 Å². The number of halogens is 1. The molecule has 1 aliphatic rings. The second-order valence-electron chi connectivity index (χ2n) is 7.55. The highest BCUT2D eigenvalue weighted by Crippen LogP contribution is 2.43. The van der Waals surface area contributed by atoms with E-state index in [2.05, 4.69) is 0 Å². The van der Waals surface area contributed by atoms with E-state index in [1.54, 1.807) is 12.1 Å². The molecule has 1 heterocycles. The molecule has 1 aromatic heterocycles. The fourth-order valence-corrected chi connectivity index (χ4v) is 4.65. The van der Waals surface area contributed by atoms with Crippen molar-refractivity contribution in [1.29, 1.82) is 0 Å². The van der Waals surface area contributed by atoms with E-state index in [0.29, 0.717) is 31.6 Å². The van der Waals surface area contributed by atoms with Crippen molar-refractivity contribution in [3.63, 3.8) is 0 Å². The van der Waals surface area contributed by atoms with Crippen molar-refractivity contribution in [1.82, 2.24) is 0 Å². The van der Waals surface area contributed by atoms with E-state index in [1.807, 2.05) is 24.3 Å². The van der Waals surface area contributed by atoms with Crippen LogP contribution in [0.15, 0.2) is 40.8 Å². The van der Waals surface area contributed by atoms with Gasteiger partial charge in [-0.15, -0.1) is 0 Å². The average molecular weight is 432 g/mol. The Labute approximate surface area is 175 Å². The molecule has 1 atom stereocenters. The van der Waals surface area contributed by atoms with E-state index in [0.717, 1.165) is 5.39 Å². The molecule has 8 heteroatoms. The van der Waals surface area contributed by atoms with E-state index in [9.17, 15) is 14.7 Å². The Balaban J connectivity index is 1.85. The molecule has 0 amide bonds. The van der Waals surface area contributed by atoms with E-state index in [-0.39, 0.29) is 19.3 Å². The van der Waals surface area contributed by atoms with Crippen LogP contribution in [0.5, 0.6) is 0 Å². The second kappa shape index (κ2) is 7.09. The van der Waals surface area contributed by atoms with Crippen LogP contribution in [0, 0.1) is 16.3 Å². The summed E-state index contributed by atoms with van der Waals surface area (Å²) in [4.78, 5) is 23.3. The largest absolute Gasteiger partial charge is 0.481 e. The van der Waals surface area contributed by atoms with Gasteiger partial charge in [-0.1, -0.05) is 36.0 Å². The number of rotatable bonds is 5. The minimum Gasteiger partial charge on any atom is -0.481 e. The molecule has 1 aliphatic carbocycles. The highest BCUT2D eigenvalue weighted by atomic mass is 35.5. The number of nitrogens with two attached hydrogens (primary N) is 1. The standard InChI is InChI=1S/C21H18ClNO5S/c22-14-5-6-16-17(18(29)12-3-1-2-4-15(12)28-16)13(14)9-21(23,20(26)27)11-7-10(8-11)19(24)25/h1-6,10-11H,7-9,23H2,(H,24,25)(H,26,27)/t10-,11+,21?. The molecule has 2 aromatic carbocycles. The number of para-hydroxylation sites is 1. The normalized spacial score (nSPS) is 20.9. The van der Waals surface area contributed by atoms with Crippen molar-refractivity contribution in [2.75, 3.05) is 0 Å². The summed E-state index contributed by atoms with van der Waals surface area (Å²) in [6.07, 6.45) is 0.357. The predicted octanol–water partition coefficient (Wildman–Crippen LogP) is 4.40. The lowest BCUT2D eigenvalue weighted by Crippen LogP contribution is -2.60. The van der Waals surface area contributed by atoms with Crippen LogP contribution in [0.2, 0.25) is 5.02 Å². The summed E-state index contributed by atoms with van der Waals surface area (Å²) in [5, 5.41) is 20.7. The molecule has 1 saturated carbocycles. The third-order valence-corrected chi connectivity index (χ3v) is 6.66. The van der Waals surface area contributed by atoms with Gasteiger partial charge in [0, 0.05) is 22.2 Å². The Kier molecular flexibility index (Phi) is 4.85. The van der Waals surface area contributed by atoms with Gasteiger partial charge in [0.1, 0.15) is 16.7 Å². The van der Waals surface area contributed by atoms with Gasteiger partial charge in [-0.3, -0.25) is 9.59 Å². The zero-order valence-corrected chi connectivity index (χ0v) is 16.8. The SMILES string of the molecule is NC(Cc1c(Cl)ccc2oc3ccccc3c(=S)c12)(C(=O)O)[C@H]1C[C@@H](C(=O)O)C1. The van der Waals surface area contributed by atoms with Crippen molar-refractivity contribution in [2.45, 2.75) is 24.8 Å². The zero-order valence-electron chi connectivity index (χ0n) is 15.2. The van der Waals surface area contributed by atoms with Gasteiger partial charge in [-0.25, -0.2) is 0 Å². The molecule has 0 radical (unpaired) electrons. The van der Waals surface area contributed by atoms with Crippen LogP contribution < -0.4 is 5.73 Å². The molecular formula is C21H18ClNO5S. The van der Waals surface area contributed by atoms with Gasteiger partial charge in [0.15, 0.2) is 0 Å². The summed E-state index contributed by atoms with van der Waals surface area (Å²) in [6, 6.07) is 10.7. The van der Waals surface area contributed by atoms with Gasteiger partial charge in [-0.2, -0.15) is 0 Å². The van der Waals surface area contributed by atoms with Gasteiger partial charge >= 0.3 is 11.9 Å². The van der Waals surface area contributed by atoms with Crippen molar-refractivity contribution in [3.8, 4) is 0 Å². The fourth-order valence-electron chi connectivity index (χ4n) is 4.03. The molecule has 1 unspecified atom stereocenters. The Morgan fingerprint density at radius 2 is 1.86 bits per heavy atom. The third kappa shape index (κ3) is 3.19. The van der Waals surface area contributed by atoms with Crippen molar-refractivity contribution >= 4 is 57.7 Å². The number of fused-ring (bicyclic) bond motifs is 2. The zero-order chi connectivity index (χ0) is 20.9. The maximum atomic E-state index is 12.1. The van der Waals surface area contributed by atoms with Crippen molar-refractivity contribution in [3.05, 3.63) is 51.5 Å². The maximum Gasteiger partial charge on any atom is 0.324 e.